The molecule has 0 saturated carbocycles. The molecule has 0 radical (unpaired) electrons. The molecule has 1 amide bonds. The summed E-state index contributed by atoms with van der Waals surface area (Å²) in [5.41, 5.74) is 1.92. The number of nitrogens with one attached hydrogen (secondary N) is 2. The van der Waals surface area contributed by atoms with E-state index in [2.05, 4.69) is 24.1 Å². The Hall–Kier alpha value is -3.11. The predicted octanol–water partition coefficient (Wildman–Crippen LogP) is 6.04. The van der Waals surface area contributed by atoms with E-state index in [4.69, 9.17) is 15.4 Å². The van der Waals surface area contributed by atoms with Crippen molar-refractivity contribution in [1.29, 1.82) is 10.7 Å². The first-order valence-corrected chi connectivity index (χ1v) is 12.1. The highest BCUT2D eigenvalue weighted by molar-refractivity contribution is 6.03. The number of benzene rings is 1. The van der Waals surface area contributed by atoms with Gasteiger partial charge in [-0.2, -0.15) is 5.26 Å². The molecule has 3 atom stereocenters. The van der Waals surface area contributed by atoms with Crippen LogP contribution in [0.15, 0.2) is 30.5 Å². The first-order chi connectivity index (χ1) is 16.4. The van der Waals surface area contributed by atoms with E-state index < -0.39 is 11.3 Å². The molecule has 6 nitrogen and oxygen atoms in total. The summed E-state index contributed by atoms with van der Waals surface area (Å²) in [6.07, 6.45) is 2.69. The van der Waals surface area contributed by atoms with Gasteiger partial charge in [0, 0.05) is 23.0 Å². The normalized spacial score (nSPS) is 20.8. The van der Waals surface area contributed by atoms with Crippen molar-refractivity contribution >= 4 is 17.3 Å². The van der Waals surface area contributed by atoms with Crippen LogP contribution in [0.5, 0.6) is 0 Å². The van der Waals surface area contributed by atoms with Crippen LogP contribution in [0.4, 0.5) is 10.1 Å². The number of nitrogens with zero attached hydrogens (tertiary/aromatic N) is 2. The van der Waals surface area contributed by atoms with E-state index in [0.29, 0.717) is 47.7 Å². The molecule has 3 unspecified atom stereocenters. The van der Waals surface area contributed by atoms with Crippen LogP contribution in [0, 0.1) is 46.7 Å². The van der Waals surface area contributed by atoms with E-state index in [-0.39, 0.29) is 28.8 Å². The van der Waals surface area contributed by atoms with Crippen molar-refractivity contribution in [1.82, 2.24) is 4.98 Å². The number of amides is 1. The third-order valence-electron chi connectivity index (χ3n) is 7.31. The van der Waals surface area contributed by atoms with Gasteiger partial charge in [0.1, 0.15) is 17.6 Å². The van der Waals surface area contributed by atoms with Crippen molar-refractivity contribution in [2.45, 2.75) is 59.8 Å². The molecule has 2 heterocycles. The fourth-order valence-electron chi connectivity index (χ4n) is 5.05. The molecule has 0 bridgehead atoms. The third kappa shape index (κ3) is 5.28. The molecule has 1 saturated heterocycles. The molecule has 35 heavy (non-hydrogen) atoms. The number of halogens is 1. The fourth-order valence-corrected chi connectivity index (χ4v) is 5.05. The second kappa shape index (κ2) is 10.2. The Labute approximate surface area is 207 Å². The predicted molar refractivity (Wildman–Crippen MR) is 135 cm³/mol. The minimum atomic E-state index is -0.611. The molecule has 1 aromatic heterocycles. The lowest BCUT2D eigenvalue weighted by molar-refractivity contribution is 0.102. The number of ether oxygens (including phenoxy) is 1. The van der Waals surface area contributed by atoms with Crippen LogP contribution in [-0.2, 0) is 10.2 Å². The molecule has 186 valence electrons. The number of aromatic nitrogens is 1. The van der Waals surface area contributed by atoms with Gasteiger partial charge < -0.3 is 15.5 Å². The summed E-state index contributed by atoms with van der Waals surface area (Å²) >= 11 is 0. The van der Waals surface area contributed by atoms with Crippen molar-refractivity contribution in [2.24, 2.45) is 17.3 Å². The van der Waals surface area contributed by atoms with E-state index in [1.807, 2.05) is 26.8 Å². The van der Waals surface area contributed by atoms with E-state index in [1.54, 1.807) is 25.1 Å². The van der Waals surface area contributed by atoms with Crippen molar-refractivity contribution in [3.05, 3.63) is 58.7 Å². The highest BCUT2D eigenvalue weighted by atomic mass is 19.1. The Kier molecular flexibility index (Phi) is 7.76. The second-order valence-electron chi connectivity index (χ2n) is 10.6. The van der Waals surface area contributed by atoms with Gasteiger partial charge in [0.2, 0.25) is 0 Å². The smallest absolute Gasteiger partial charge is 0.274 e. The van der Waals surface area contributed by atoms with Gasteiger partial charge in [0.05, 0.1) is 18.8 Å². The average molecular weight is 479 g/mol. The molecular formula is C28H35FN4O2. The zero-order valence-electron chi connectivity index (χ0n) is 21.5. The van der Waals surface area contributed by atoms with Gasteiger partial charge in [-0.25, -0.2) is 9.37 Å². The van der Waals surface area contributed by atoms with E-state index in [1.165, 1.54) is 12.3 Å². The van der Waals surface area contributed by atoms with Crippen LogP contribution >= 0.6 is 0 Å². The topological polar surface area (TPSA) is 98.9 Å². The Bertz CT molecular complexity index is 1160. The summed E-state index contributed by atoms with van der Waals surface area (Å²) < 4.78 is 21.3. The van der Waals surface area contributed by atoms with Crippen molar-refractivity contribution in [3.8, 4) is 6.07 Å². The minimum Gasteiger partial charge on any atom is -0.380 e. The molecule has 1 aromatic carbocycles. The van der Waals surface area contributed by atoms with Crippen LogP contribution in [0.25, 0.3) is 0 Å². The lowest BCUT2D eigenvalue weighted by Crippen LogP contribution is -2.43. The molecule has 1 aliphatic rings. The van der Waals surface area contributed by atoms with Crippen LogP contribution < -0.4 is 5.32 Å². The number of nitriles is 1. The van der Waals surface area contributed by atoms with E-state index in [9.17, 15) is 4.79 Å². The summed E-state index contributed by atoms with van der Waals surface area (Å²) in [6.45, 7) is 12.8. The quantitative estimate of drug-likeness (QED) is 0.474. The number of hydrogen-bond donors (Lipinski definition) is 2. The molecule has 3 rings (SSSR count). The Morgan fingerprint density at radius 2 is 2.11 bits per heavy atom. The number of rotatable bonds is 7. The molecule has 1 aliphatic heterocycles. The Morgan fingerprint density at radius 1 is 1.40 bits per heavy atom. The molecule has 2 aromatic rings. The summed E-state index contributed by atoms with van der Waals surface area (Å²) in [4.78, 5) is 17.1. The SMILES string of the molecule is CCC(CC(=N)C(C)(C)C)C1(c2cc(NC(=O)c3ncc(C#N)cc3C)ccc2F)COCC1C. The summed E-state index contributed by atoms with van der Waals surface area (Å²) in [5.74, 6) is -0.706. The van der Waals surface area contributed by atoms with Crippen LogP contribution in [-0.4, -0.2) is 29.8 Å². The van der Waals surface area contributed by atoms with Crippen LogP contribution in [0.2, 0.25) is 0 Å². The van der Waals surface area contributed by atoms with Gasteiger partial charge >= 0.3 is 0 Å². The maximum Gasteiger partial charge on any atom is 0.274 e. The van der Waals surface area contributed by atoms with Crippen LogP contribution in [0.3, 0.4) is 0 Å². The minimum absolute atomic E-state index is 0.00890. The molecular weight excluding hydrogens is 443 g/mol. The van der Waals surface area contributed by atoms with Gasteiger partial charge in [-0.1, -0.05) is 41.0 Å². The summed E-state index contributed by atoms with van der Waals surface area (Å²) in [5, 5.41) is 20.6. The first-order valence-electron chi connectivity index (χ1n) is 12.1. The Morgan fingerprint density at radius 3 is 2.66 bits per heavy atom. The van der Waals surface area contributed by atoms with E-state index >= 15 is 4.39 Å². The van der Waals surface area contributed by atoms with E-state index in [0.717, 1.165) is 6.42 Å². The lowest BCUT2D eigenvalue weighted by Gasteiger charge is -2.41. The summed E-state index contributed by atoms with van der Waals surface area (Å²) in [7, 11) is 0. The number of aryl methyl sites for hydroxylation is 1. The highest BCUT2D eigenvalue weighted by Crippen LogP contribution is 2.49. The van der Waals surface area contributed by atoms with Gasteiger partial charge in [0.15, 0.2) is 0 Å². The van der Waals surface area contributed by atoms with Gasteiger partial charge in [-0.05, 0) is 66.0 Å². The fraction of sp³-hybridized carbons (Fsp3) is 0.500. The first kappa shape index (κ1) is 26.5. The highest BCUT2D eigenvalue weighted by Gasteiger charge is 2.50. The van der Waals surface area contributed by atoms with Gasteiger partial charge in [0.25, 0.3) is 5.91 Å². The zero-order valence-corrected chi connectivity index (χ0v) is 21.5. The molecule has 7 heteroatoms. The van der Waals surface area contributed by atoms with Gasteiger partial charge in [-0.3, -0.25) is 4.79 Å². The number of carbonyl (C=O) groups excluding carboxylic acids is 1. The second-order valence-corrected chi connectivity index (χ2v) is 10.6. The van der Waals surface area contributed by atoms with Gasteiger partial charge in [-0.15, -0.1) is 0 Å². The number of hydrogen-bond acceptors (Lipinski definition) is 5. The monoisotopic (exact) mass is 478 g/mol. The number of carbonyl (C=O) groups is 1. The average Bonchev–Trinajstić information content (AvgIpc) is 3.19. The van der Waals surface area contributed by atoms with Crippen molar-refractivity contribution in [3.63, 3.8) is 0 Å². The zero-order chi connectivity index (χ0) is 26.0. The molecule has 0 aliphatic carbocycles. The lowest BCUT2D eigenvalue weighted by atomic mass is 9.61. The number of pyridine rings is 1. The van der Waals surface area contributed by atoms with Crippen molar-refractivity contribution < 1.29 is 13.9 Å². The third-order valence-corrected chi connectivity index (χ3v) is 7.31. The molecule has 1 fully saturated rings. The Balaban J connectivity index is 2.00. The van der Waals surface area contributed by atoms with Crippen molar-refractivity contribution in [2.75, 3.05) is 18.5 Å². The molecule has 0 spiro atoms. The largest absolute Gasteiger partial charge is 0.380 e. The maximum absolute atomic E-state index is 15.5. The van der Waals surface area contributed by atoms with Crippen LogP contribution in [0.1, 0.15) is 74.6 Å². The molecule has 2 N–H and O–H groups in total. The maximum atomic E-state index is 15.5. The standard InChI is InChI=1S/C28H35FN4O2/c1-7-20(11-24(31)27(4,5)6)28(16-35-15-18(28)3)22-12-21(8-9-23(22)29)33-26(34)25-17(2)10-19(13-30)14-32-25/h8-10,12,14,18,20,31H,7,11,15-16H2,1-6H3,(H,33,34). The summed E-state index contributed by atoms with van der Waals surface area (Å²) in [6, 6.07) is 8.26. The number of anilines is 1.